The summed E-state index contributed by atoms with van der Waals surface area (Å²) in [6.07, 6.45) is 4.51. The standard InChI is InChI=1S/C20H30BBrN2O3/c1-21(25)24-12-8-19(9-13-24)23-10-6-17(7-11-23)20(26-14-15-27-20)16-2-4-18(22)5-3-16/h2-5,17,19,25H,6-15H2,1H3. The molecule has 1 N–H and O–H groups in total. The molecule has 148 valence electrons. The molecule has 5 nitrogen and oxygen atoms in total. The summed E-state index contributed by atoms with van der Waals surface area (Å²) in [5, 5.41) is 9.77. The number of halogens is 1. The van der Waals surface area contributed by atoms with Gasteiger partial charge in [0, 0.05) is 22.0 Å². The van der Waals surface area contributed by atoms with Crippen LogP contribution in [0, 0.1) is 5.92 Å². The number of rotatable bonds is 4. The highest BCUT2D eigenvalue weighted by atomic mass is 79.9. The molecule has 0 saturated carbocycles. The van der Waals surface area contributed by atoms with E-state index in [2.05, 4.69) is 49.9 Å². The summed E-state index contributed by atoms with van der Waals surface area (Å²) in [5.41, 5.74) is 1.15. The Kier molecular flexibility index (Phi) is 6.26. The van der Waals surface area contributed by atoms with Crippen LogP contribution in [0.25, 0.3) is 0 Å². The van der Waals surface area contributed by atoms with Crippen LogP contribution in [0.2, 0.25) is 6.82 Å². The van der Waals surface area contributed by atoms with Crippen LogP contribution in [0.1, 0.15) is 31.2 Å². The van der Waals surface area contributed by atoms with Gasteiger partial charge in [0.05, 0.1) is 13.2 Å². The fraction of sp³-hybridized carbons (Fsp3) is 0.700. The summed E-state index contributed by atoms with van der Waals surface area (Å²) in [7, 11) is -0.320. The molecule has 1 aromatic carbocycles. The number of nitrogens with zero attached hydrogens (tertiary/aromatic N) is 2. The van der Waals surface area contributed by atoms with Crippen LogP contribution in [-0.4, -0.2) is 67.2 Å². The number of benzene rings is 1. The first-order valence-corrected chi connectivity index (χ1v) is 11.1. The molecular formula is C20H30BBrN2O3. The molecule has 1 aromatic rings. The lowest BCUT2D eigenvalue weighted by molar-refractivity contribution is -0.215. The third-order valence-corrected chi connectivity index (χ3v) is 7.10. The van der Waals surface area contributed by atoms with E-state index in [0.29, 0.717) is 25.2 Å². The summed E-state index contributed by atoms with van der Waals surface area (Å²) in [5.74, 6) is -0.169. The van der Waals surface area contributed by atoms with Crippen LogP contribution in [-0.2, 0) is 15.3 Å². The van der Waals surface area contributed by atoms with Gasteiger partial charge in [0.2, 0.25) is 0 Å². The number of hydrogen-bond acceptors (Lipinski definition) is 5. The van der Waals surface area contributed by atoms with Crippen molar-refractivity contribution in [2.45, 2.75) is 44.3 Å². The van der Waals surface area contributed by atoms with Crippen LogP contribution in [0.15, 0.2) is 28.7 Å². The van der Waals surface area contributed by atoms with Crippen molar-refractivity contribution in [3.8, 4) is 0 Å². The molecule has 0 atom stereocenters. The Labute approximate surface area is 171 Å². The zero-order chi connectivity index (χ0) is 18.9. The molecule has 4 rings (SSSR count). The Bertz CT molecular complexity index is 608. The largest absolute Gasteiger partial charge is 0.437 e. The molecule has 7 heteroatoms. The van der Waals surface area contributed by atoms with E-state index in [4.69, 9.17) is 9.47 Å². The Hall–Kier alpha value is -0.435. The number of likely N-dealkylation sites (tertiary alicyclic amines) is 1. The minimum Gasteiger partial charge on any atom is -0.437 e. The predicted octanol–water partition coefficient (Wildman–Crippen LogP) is 2.94. The minimum atomic E-state index is -0.567. The van der Waals surface area contributed by atoms with Gasteiger partial charge in [-0.25, -0.2) is 0 Å². The van der Waals surface area contributed by atoms with Gasteiger partial charge in [0.25, 0.3) is 0 Å². The third kappa shape index (κ3) is 4.14. The van der Waals surface area contributed by atoms with Crippen molar-refractivity contribution >= 4 is 23.0 Å². The highest BCUT2D eigenvalue weighted by Crippen LogP contribution is 2.44. The molecule has 3 heterocycles. The highest BCUT2D eigenvalue weighted by Gasteiger charge is 2.47. The molecule has 3 aliphatic rings. The van der Waals surface area contributed by atoms with Crippen molar-refractivity contribution in [1.82, 2.24) is 9.71 Å². The van der Waals surface area contributed by atoms with Gasteiger partial charge in [0.1, 0.15) is 0 Å². The van der Waals surface area contributed by atoms with E-state index in [1.54, 1.807) is 0 Å². The van der Waals surface area contributed by atoms with E-state index >= 15 is 0 Å². The first-order chi connectivity index (χ1) is 13.1. The molecule has 0 amide bonds. The summed E-state index contributed by atoms with van der Waals surface area (Å²) < 4.78 is 13.6. The maximum Gasteiger partial charge on any atom is 0.376 e. The third-order valence-electron chi connectivity index (χ3n) is 6.57. The van der Waals surface area contributed by atoms with Crippen molar-refractivity contribution in [3.05, 3.63) is 34.3 Å². The molecule has 0 radical (unpaired) electrons. The number of ether oxygens (including phenoxy) is 2. The van der Waals surface area contributed by atoms with Gasteiger partial charge >= 0.3 is 7.05 Å². The molecule has 0 spiro atoms. The monoisotopic (exact) mass is 436 g/mol. The van der Waals surface area contributed by atoms with Crippen LogP contribution in [0.4, 0.5) is 0 Å². The van der Waals surface area contributed by atoms with Crippen LogP contribution < -0.4 is 0 Å². The van der Waals surface area contributed by atoms with Crippen LogP contribution in [0.3, 0.4) is 0 Å². The Morgan fingerprint density at radius 1 is 1.00 bits per heavy atom. The zero-order valence-corrected chi connectivity index (χ0v) is 17.7. The Morgan fingerprint density at radius 2 is 1.59 bits per heavy atom. The van der Waals surface area contributed by atoms with Crippen molar-refractivity contribution in [2.24, 2.45) is 5.92 Å². The van der Waals surface area contributed by atoms with Crippen LogP contribution in [0.5, 0.6) is 0 Å². The van der Waals surface area contributed by atoms with Crippen molar-refractivity contribution in [2.75, 3.05) is 39.4 Å². The lowest BCUT2D eigenvalue weighted by atomic mass is 9.81. The smallest absolute Gasteiger partial charge is 0.376 e. The first kappa shape index (κ1) is 19.9. The van der Waals surface area contributed by atoms with E-state index in [0.717, 1.165) is 61.9 Å². The maximum absolute atomic E-state index is 9.77. The fourth-order valence-electron chi connectivity index (χ4n) is 5.02. The molecule has 0 aromatic heterocycles. The summed E-state index contributed by atoms with van der Waals surface area (Å²) in [6, 6.07) is 9.07. The van der Waals surface area contributed by atoms with Gasteiger partial charge in [-0.3, -0.25) is 0 Å². The molecule has 27 heavy (non-hydrogen) atoms. The quantitative estimate of drug-likeness (QED) is 0.735. The van der Waals surface area contributed by atoms with Crippen molar-refractivity contribution in [1.29, 1.82) is 0 Å². The molecule has 0 unspecified atom stereocenters. The predicted molar refractivity (Wildman–Crippen MR) is 110 cm³/mol. The van der Waals surface area contributed by atoms with Gasteiger partial charge in [0.15, 0.2) is 5.79 Å². The van der Waals surface area contributed by atoms with Crippen molar-refractivity contribution in [3.63, 3.8) is 0 Å². The SMILES string of the molecule is CB(O)N1CCC(N2CCC(C3(c4ccc(Br)cc4)OCCO3)CC2)CC1. The summed E-state index contributed by atoms with van der Waals surface area (Å²) >= 11 is 3.53. The van der Waals surface area contributed by atoms with Gasteiger partial charge in [-0.15, -0.1) is 0 Å². The second-order valence-electron chi connectivity index (χ2n) is 8.08. The minimum absolute atomic E-state index is 0.320. The average molecular weight is 437 g/mol. The molecule has 0 aliphatic carbocycles. The summed E-state index contributed by atoms with van der Waals surface area (Å²) in [6.45, 7) is 7.43. The molecule has 0 bridgehead atoms. The topological polar surface area (TPSA) is 45.2 Å². The highest BCUT2D eigenvalue weighted by molar-refractivity contribution is 9.10. The van der Waals surface area contributed by atoms with Gasteiger partial charge in [-0.2, -0.15) is 0 Å². The van der Waals surface area contributed by atoms with Crippen molar-refractivity contribution < 1.29 is 14.5 Å². The van der Waals surface area contributed by atoms with Gasteiger partial charge < -0.3 is 24.2 Å². The second kappa shape index (κ2) is 8.51. The molecular weight excluding hydrogens is 407 g/mol. The zero-order valence-electron chi connectivity index (χ0n) is 16.1. The van der Waals surface area contributed by atoms with E-state index in [1.165, 1.54) is 0 Å². The first-order valence-electron chi connectivity index (χ1n) is 10.3. The van der Waals surface area contributed by atoms with E-state index in [9.17, 15) is 5.02 Å². The van der Waals surface area contributed by atoms with E-state index < -0.39 is 5.79 Å². The lowest BCUT2D eigenvalue weighted by Gasteiger charge is -2.45. The van der Waals surface area contributed by atoms with Crippen LogP contribution >= 0.6 is 15.9 Å². The Morgan fingerprint density at radius 3 is 2.15 bits per heavy atom. The molecule has 3 aliphatic heterocycles. The molecule has 3 saturated heterocycles. The lowest BCUT2D eigenvalue weighted by Crippen LogP contribution is -2.52. The Balaban J connectivity index is 1.38. The van der Waals surface area contributed by atoms with E-state index in [1.807, 2.05) is 6.82 Å². The van der Waals surface area contributed by atoms with E-state index in [-0.39, 0.29) is 7.05 Å². The number of piperidine rings is 2. The number of hydrogen-bond donors (Lipinski definition) is 1. The summed E-state index contributed by atoms with van der Waals surface area (Å²) in [4.78, 5) is 4.83. The second-order valence-corrected chi connectivity index (χ2v) is 9.00. The maximum atomic E-state index is 9.77. The molecule has 3 fully saturated rings. The van der Waals surface area contributed by atoms with Gasteiger partial charge in [-0.1, -0.05) is 28.1 Å². The average Bonchev–Trinajstić information content (AvgIpc) is 3.20. The fourth-order valence-corrected chi connectivity index (χ4v) is 5.28. The normalized spacial score (nSPS) is 25.7. The van der Waals surface area contributed by atoms with Gasteiger partial charge in [-0.05, 0) is 70.8 Å².